The fraction of sp³-hybridized carbons (Fsp3) is 0.278. The van der Waals surface area contributed by atoms with Gasteiger partial charge in [-0.1, -0.05) is 18.2 Å². The first-order chi connectivity index (χ1) is 12.7. The molecule has 2 amide bonds. The van der Waals surface area contributed by atoms with E-state index in [4.69, 9.17) is 14.6 Å². The molecule has 1 aliphatic heterocycles. The Kier molecular flexibility index (Phi) is 5.24. The fourth-order valence-electron chi connectivity index (χ4n) is 2.74. The van der Waals surface area contributed by atoms with Crippen molar-refractivity contribution in [3.05, 3.63) is 53.6 Å². The van der Waals surface area contributed by atoms with E-state index in [1.165, 1.54) is 12.1 Å². The number of ether oxygens (including phenoxy) is 2. The van der Waals surface area contributed by atoms with Gasteiger partial charge in [-0.2, -0.15) is 0 Å². The molecule has 4 N–H and O–H groups in total. The van der Waals surface area contributed by atoms with Gasteiger partial charge >= 0.3 is 6.03 Å². The van der Waals surface area contributed by atoms with E-state index in [9.17, 15) is 13.2 Å². The molecule has 8 nitrogen and oxygen atoms in total. The van der Waals surface area contributed by atoms with Gasteiger partial charge < -0.3 is 20.1 Å². The maximum atomic E-state index is 12.3. The van der Waals surface area contributed by atoms with Gasteiger partial charge in [0.25, 0.3) is 0 Å². The number of benzene rings is 2. The predicted molar refractivity (Wildman–Crippen MR) is 98.9 cm³/mol. The molecule has 2 aromatic rings. The molecular weight excluding hydrogens is 370 g/mol. The molecule has 0 spiro atoms. The number of hydrogen-bond acceptors (Lipinski definition) is 5. The third-order valence-corrected chi connectivity index (χ3v) is 5.19. The van der Waals surface area contributed by atoms with E-state index >= 15 is 0 Å². The Bertz CT molecular complexity index is 961. The van der Waals surface area contributed by atoms with Gasteiger partial charge in [0.15, 0.2) is 11.5 Å². The van der Waals surface area contributed by atoms with Crippen LogP contribution in [0.2, 0.25) is 0 Å². The topological polar surface area (TPSA) is 120 Å². The first-order valence-corrected chi connectivity index (χ1v) is 9.88. The van der Waals surface area contributed by atoms with Gasteiger partial charge in [-0.3, -0.25) is 0 Å². The average molecular weight is 391 g/mol. The second kappa shape index (κ2) is 7.45. The molecule has 0 fully saturated rings. The van der Waals surface area contributed by atoms with Crippen molar-refractivity contribution in [3.63, 3.8) is 0 Å². The maximum Gasteiger partial charge on any atom is 0.315 e. The number of hydrogen-bond donors (Lipinski definition) is 3. The average Bonchev–Trinajstić information content (AvgIpc) is 3.08. The minimum Gasteiger partial charge on any atom is -0.454 e. The monoisotopic (exact) mass is 391 g/mol. The molecule has 0 bridgehead atoms. The van der Waals surface area contributed by atoms with Crippen LogP contribution in [-0.2, 0) is 10.0 Å². The SMILES string of the molecule is CC(NC(=O)NC(C)c1ccc2c(c1)OCO2)c1cccc(S(N)(=O)=O)c1. The molecule has 1 aliphatic rings. The van der Waals surface area contributed by atoms with Crippen molar-refractivity contribution in [1.29, 1.82) is 0 Å². The van der Waals surface area contributed by atoms with Crippen LogP contribution >= 0.6 is 0 Å². The Morgan fingerprint density at radius 2 is 1.63 bits per heavy atom. The van der Waals surface area contributed by atoms with Crippen LogP contribution in [0.4, 0.5) is 4.79 Å². The minimum absolute atomic E-state index is 0.00258. The molecule has 0 aliphatic carbocycles. The van der Waals surface area contributed by atoms with Gasteiger partial charge in [0, 0.05) is 0 Å². The van der Waals surface area contributed by atoms with E-state index in [1.54, 1.807) is 25.1 Å². The second-order valence-corrected chi connectivity index (χ2v) is 7.85. The van der Waals surface area contributed by atoms with Crippen LogP contribution in [0.1, 0.15) is 37.1 Å². The number of nitrogens with one attached hydrogen (secondary N) is 2. The normalized spacial score (nSPS) is 15.1. The molecular formula is C18H21N3O5S. The van der Waals surface area contributed by atoms with Crippen LogP contribution < -0.4 is 25.2 Å². The summed E-state index contributed by atoms with van der Waals surface area (Å²) in [5.41, 5.74) is 1.51. The largest absolute Gasteiger partial charge is 0.454 e. The summed E-state index contributed by atoms with van der Waals surface area (Å²) in [6.07, 6.45) is 0. The summed E-state index contributed by atoms with van der Waals surface area (Å²) < 4.78 is 33.6. The van der Waals surface area contributed by atoms with Gasteiger partial charge in [0.1, 0.15) is 0 Å². The third-order valence-electron chi connectivity index (χ3n) is 4.28. The van der Waals surface area contributed by atoms with Gasteiger partial charge in [-0.25, -0.2) is 18.4 Å². The predicted octanol–water partition coefficient (Wildman–Crippen LogP) is 2.18. The van der Waals surface area contributed by atoms with Crippen molar-refractivity contribution < 1.29 is 22.7 Å². The molecule has 2 aromatic carbocycles. The van der Waals surface area contributed by atoms with E-state index in [2.05, 4.69) is 10.6 Å². The quantitative estimate of drug-likeness (QED) is 0.722. The summed E-state index contributed by atoms with van der Waals surface area (Å²) in [5.74, 6) is 1.33. The number of urea groups is 1. The lowest BCUT2D eigenvalue weighted by molar-refractivity contribution is 0.174. The molecule has 0 radical (unpaired) electrons. The first-order valence-electron chi connectivity index (χ1n) is 8.33. The van der Waals surface area contributed by atoms with Gasteiger partial charge in [-0.15, -0.1) is 0 Å². The molecule has 0 aromatic heterocycles. The number of primary sulfonamides is 1. The highest BCUT2D eigenvalue weighted by Crippen LogP contribution is 2.34. The third kappa shape index (κ3) is 4.50. The van der Waals surface area contributed by atoms with E-state index in [-0.39, 0.29) is 23.8 Å². The lowest BCUT2D eigenvalue weighted by Gasteiger charge is -2.19. The molecule has 1 heterocycles. The number of carbonyl (C=O) groups excluding carboxylic acids is 1. The zero-order valence-electron chi connectivity index (χ0n) is 14.9. The molecule has 0 saturated carbocycles. The molecule has 2 atom stereocenters. The number of carbonyl (C=O) groups is 1. The Hall–Kier alpha value is -2.78. The highest BCUT2D eigenvalue weighted by Gasteiger charge is 2.18. The van der Waals surface area contributed by atoms with Crippen LogP contribution in [0.15, 0.2) is 47.4 Å². The number of nitrogens with two attached hydrogens (primary N) is 1. The smallest absolute Gasteiger partial charge is 0.315 e. The molecule has 144 valence electrons. The van der Waals surface area contributed by atoms with E-state index in [0.717, 1.165) is 5.56 Å². The van der Waals surface area contributed by atoms with Gasteiger partial charge in [0.05, 0.1) is 17.0 Å². The number of fused-ring (bicyclic) bond motifs is 1. The van der Waals surface area contributed by atoms with Crippen molar-refractivity contribution in [2.75, 3.05) is 6.79 Å². The van der Waals surface area contributed by atoms with Crippen LogP contribution in [0.3, 0.4) is 0 Å². The minimum atomic E-state index is -3.80. The highest BCUT2D eigenvalue weighted by molar-refractivity contribution is 7.89. The lowest BCUT2D eigenvalue weighted by Crippen LogP contribution is -2.38. The van der Waals surface area contributed by atoms with Crippen molar-refractivity contribution in [1.82, 2.24) is 10.6 Å². The molecule has 3 rings (SSSR count). The van der Waals surface area contributed by atoms with E-state index in [1.807, 2.05) is 19.1 Å². The summed E-state index contributed by atoms with van der Waals surface area (Å²) in [6.45, 7) is 3.80. The first kappa shape index (κ1) is 19.0. The van der Waals surface area contributed by atoms with Crippen LogP contribution in [0.25, 0.3) is 0 Å². The van der Waals surface area contributed by atoms with Crippen LogP contribution in [0, 0.1) is 0 Å². The van der Waals surface area contributed by atoms with Crippen LogP contribution in [-0.4, -0.2) is 21.2 Å². The Labute approximate surface area is 157 Å². The Balaban J connectivity index is 1.63. The summed E-state index contributed by atoms with van der Waals surface area (Å²) in [7, 11) is -3.80. The van der Waals surface area contributed by atoms with Gasteiger partial charge in [0.2, 0.25) is 16.8 Å². The zero-order valence-corrected chi connectivity index (χ0v) is 15.7. The molecule has 0 saturated heterocycles. The van der Waals surface area contributed by atoms with E-state index < -0.39 is 16.1 Å². The molecule has 2 unspecified atom stereocenters. The summed E-state index contributed by atoms with van der Waals surface area (Å²) >= 11 is 0. The van der Waals surface area contributed by atoms with Crippen LogP contribution in [0.5, 0.6) is 11.5 Å². The number of rotatable bonds is 5. The number of amides is 2. The second-order valence-electron chi connectivity index (χ2n) is 6.29. The van der Waals surface area contributed by atoms with Crippen molar-refractivity contribution in [2.24, 2.45) is 5.14 Å². The van der Waals surface area contributed by atoms with E-state index in [0.29, 0.717) is 17.1 Å². The summed E-state index contributed by atoms with van der Waals surface area (Å²) in [4.78, 5) is 12.3. The maximum absolute atomic E-state index is 12.3. The van der Waals surface area contributed by atoms with Crippen molar-refractivity contribution in [2.45, 2.75) is 30.8 Å². The summed E-state index contributed by atoms with van der Waals surface area (Å²) in [5, 5.41) is 10.8. The standard InChI is InChI=1S/C18H21N3O5S/c1-11(13-4-3-5-15(8-13)27(19,23)24)20-18(22)21-12(2)14-6-7-16-17(9-14)26-10-25-16/h3-9,11-12H,10H2,1-2H3,(H2,19,23,24)(H2,20,21,22). The van der Waals surface area contributed by atoms with Crippen molar-refractivity contribution in [3.8, 4) is 11.5 Å². The fourth-order valence-corrected chi connectivity index (χ4v) is 3.31. The Morgan fingerprint density at radius 3 is 2.30 bits per heavy atom. The lowest BCUT2D eigenvalue weighted by atomic mass is 10.1. The van der Waals surface area contributed by atoms with Gasteiger partial charge in [-0.05, 0) is 49.2 Å². The highest BCUT2D eigenvalue weighted by atomic mass is 32.2. The summed E-state index contributed by atoms with van der Waals surface area (Å²) in [6, 6.07) is 10.6. The molecule has 27 heavy (non-hydrogen) atoms. The number of sulfonamides is 1. The Morgan fingerprint density at radius 1 is 1.00 bits per heavy atom. The van der Waals surface area contributed by atoms with Crippen molar-refractivity contribution >= 4 is 16.1 Å². The molecule has 9 heteroatoms. The zero-order chi connectivity index (χ0) is 19.6.